The van der Waals surface area contributed by atoms with Crippen molar-refractivity contribution in [1.82, 2.24) is 4.98 Å². The van der Waals surface area contributed by atoms with Gasteiger partial charge in [0.2, 0.25) is 5.89 Å². The highest BCUT2D eigenvalue weighted by atomic mass is 19.1. The average molecular weight is 500 g/mol. The summed E-state index contributed by atoms with van der Waals surface area (Å²) in [5.41, 5.74) is -0.0705. The Labute approximate surface area is 216 Å². The van der Waals surface area contributed by atoms with E-state index in [-0.39, 0.29) is 11.7 Å². The number of quaternary nitrogens is 1. The van der Waals surface area contributed by atoms with Gasteiger partial charge in [-0.1, -0.05) is 66.7 Å². The van der Waals surface area contributed by atoms with Crippen molar-refractivity contribution in [2.75, 3.05) is 19.7 Å². The van der Waals surface area contributed by atoms with Gasteiger partial charge >= 0.3 is 0 Å². The molecule has 1 N–H and O–H groups in total. The predicted molar refractivity (Wildman–Crippen MR) is 138 cm³/mol. The minimum atomic E-state index is -1.49. The zero-order chi connectivity index (χ0) is 25.3. The van der Waals surface area contributed by atoms with Gasteiger partial charge in [-0.05, 0) is 42.0 Å². The molecule has 4 heterocycles. The number of benzene rings is 3. The number of aromatic nitrogens is 1. The molecule has 0 aliphatic carbocycles. The summed E-state index contributed by atoms with van der Waals surface area (Å²) < 4.78 is 27.0. The molecule has 3 saturated heterocycles. The van der Waals surface area contributed by atoms with Crippen LogP contribution in [0.5, 0.6) is 5.75 Å². The molecule has 6 heteroatoms. The van der Waals surface area contributed by atoms with Gasteiger partial charge in [-0.15, -0.1) is 0 Å². The van der Waals surface area contributed by atoms with Gasteiger partial charge in [-0.25, -0.2) is 9.37 Å². The molecule has 3 aliphatic rings. The minimum Gasteiger partial charge on any atom is -0.487 e. The number of hydrogen-bond donors (Lipinski definition) is 1. The summed E-state index contributed by atoms with van der Waals surface area (Å²) in [6, 6.07) is 25.7. The first-order valence-electron chi connectivity index (χ1n) is 13.1. The molecule has 3 aromatic carbocycles. The molecule has 190 valence electrons. The van der Waals surface area contributed by atoms with Crippen molar-refractivity contribution < 1.29 is 23.1 Å². The molecule has 3 fully saturated rings. The van der Waals surface area contributed by atoms with E-state index in [9.17, 15) is 9.50 Å². The lowest BCUT2D eigenvalue weighted by molar-refractivity contribution is -0.978. The molecule has 0 radical (unpaired) electrons. The third kappa shape index (κ3) is 4.56. The Morgan fingerprint density at radius 2 is 1.62 bits per heavy atom. The summed E-state index contributed by atoms with van der Waals surface area (Å²) in [4.78, 5) is 4.61. The van der Waals surface area contributed by atoms with Gasteiger partial charge in [-0.2, -0.15) is 0 Å². The molecule has 2 bridgehead atoms. The number of fused-ring (bicyclic) bond motifs is 3. The van der Waals surface area contributed by atoms with Crippen LogP contribution in [0.4, 0.5) is 4.39 Å². The number of nitrogens with zero attached hydrogens (tertiary/aromatic N) is 2. The highest BCUT2D eigenvalue weighted by Crippen LogP contribution is 2.41. The number of ether oxygens (including phenoxy) is 1. The Morgan fingerprint density at radius 1 is 0.946 bits per heavy atom. The topological polar surface area (TPSA) is 55.5 Å². The monoisotopic (exact) mass is 499 g/mol. The fraction of sp³-hybridized carbons (Fsp3) is 0.323. The average Bonchev–Trinajstić information content (AvgIpc) is 3.41. The number of hydrogen-bond acceptors (Lipinski definition) is 4. The quantitative estimate of drug-likeness (QED) is 0.317. The van der Waals surface area contributed by atoms with E-state index in [1.54, 1.807) is 18.3 Å². The van der Waals surface area contributed by atoms with Crippen LogP contribution in [0.2, 0.25) is 0 Å². The lowest BCUT2D eigenvalue weighted by Gasteiger charge is -2.53. The van der Waals surface area contributed by atoms with Gasteiger partial charge in [0.15, 0.2) is 11.4 Å². The van der Waals surface area contributed by atoms with Crippen molar-refractivity contribution in [2.24, 2.45) is 5.92 Å². The van der Waals surface area contributed by atoms with E-state index < -0.39 is 5.60 Å². The first kappa shape index (κ1) is 23.9. The van der Waals surface area contributed by atoms with E-state index in [0.29, 0.717) is 42.0 Å². The van der Waals surface area contributed by atoms with Crippen LogP contribution in [-0.2, 0) is 12.1 Å². The van der Waals surface area contributed by atoms with Crippen molar-refractivity contribution in [2.45, 2.75) is 37.5 Å². The van der Waals surface area contributed by atoms with E-state index in [2.05, 4.69) is 4.98 Å². The standard InChI is InChI=1S/C31H32FN2O3/c32-26-12-7-13-28(19-26)36-22-27-18-23-14-16-34(27,17-15-23)21-29-20-33-30(37-29)31(35,24-8-3-1-4-9-24)25-10-5-2-6-11-25/h1-13,19-20,23,27,35H,14-18,21-22H2/q+1. The van der Waals surface area contributed by atoms with E-state index in [0.717, 1.165) is 29.8 Å². The van der Waals surface area contributed by atoms with Gasteiger partial charge < -0.3 is 18.7 Å². The zero-order valence-electron chi connectivity index (χ0n) is 20.8. The van der Waals surface area contributed by atoms with Crippen molar-refractivity contribution in [1.29, 1.82) is 0 Å². The Hall–Kier alpha value is -3.48. The second kappa shape index (κ2) is 9.77. The second-order valence-electron chi connectivity index (χ2n) is 10.5. The van der Waals surface area contributed by atoms with Gasteiger partial charge in [0.25, 0.3) is 0 Å². The molecule has 0 spiro atoms. The smallest absolute Gasteiger partial charge is 0.236 e. The van der Waals surface area contributed by atoms with Crippen LogP contribution in [0.3, 0.4) is 0 Å². The summed E-state index contributed by atoms with van der Waals surface area (Å²) in [5.74, 6) is 2.03. The Bertz CT molecular complexity index is 1290. The van der Waals surface area contributed by atoms with Crippen LogP contribution in [0.1, 0.15) is 42.0 Å². The maximum absolute atomic E-state index is 13.7. The van der Waals surface area contributed by atoms with Crippen LogP contribution >= 0.6 is 0 Å². The first-order chi connectivity index (χ1) is 18.0. The Kier molecular flexibility index (Phi) is 6.31. The maximum Gasteiger partial charge on any atom is 0.236 e. The van der Waals surface area contributed by atoms with Crippen LogP contribution in [0.15, 0.2) is 95.5 Å². The molecule has 0 saturated carbocycles. The fourth-order valence-electron chi connectivity index (χ4n) is 6.24. The summed E-state index contributed by atoms with van der Waals surface area (Å²) in [5, 5.41) is 12.0. The summed E-state index contributed by atoms with van der Waals surface area (Å²) in [6.07, 6.45) is 5.24. The highest BCUT2D eigenvalue weighted by Gasteiger charge is 2.49. The molecule has 4 aromatic rings. The maximum atomic E-state index is 13.7. The van der Waals surface area contributed by atoms with Gasteiger partial charge in [-0.3, -0.25) is 0 Å². The van der Waals surface area contributed by atoms with Crippen LogP contribution < -0.4 is 4.74 Å². The van der Waals surface area contributed by atoms with Crippen LogP contribution in [0, 0.1) is 11.7 Å². The van der Waals surface area contributed by atoms with E-state index >= 15 is 0 Å². The molecule has 0 amide bonds. The van der Waals surface area contributed by atoms with E-state index in [1.165, 1.54) is 25.0 Å². The zero-order valence-corrected chi connectivity index (χ0v) is 20.8. The predicted octanol–water partition coefficient (Wildman–Crippen LogP) is 5.68. The SMILES string of the molecule is OC(c1ccccc1)(c1ccccc1)c1ncc(C[N+]23CCC(CC2)CC3COc2cccc(F)c2)o1. The van der Waals surface area contributed by atoms with E-state index in [1.807, 2.05) is 60.7 Å². The largest absolute Gasteiger partial charge is 0.487 e. The number of oxazole rings is 1. The van der Waals surface area contributed by atoms with Crippen molar-refractivity contribution in [3.05, 3.63) is 120 Å². The normalized spacial score (nSPS) is 23.2. The van der Waals surface area contributed by atoms with E-state index in [4.69, 9.17) is 9.15 Å². The summed E-state index contributed by atoms with van der Waals surface area (Å²) >= 11 is 0. The third-order valence-corrected chi connectivity index (χ3v) is 8.30. The lowest BCUT2D eigenvalue weighted by Crippen LogP contribution is -2.65. The number of rotatable bonds is 8. The van der Waals surface area contributed by atoms with Crippen LogP contribution in [-0.4, -0.2) is 40.3 Å². The highest BCUT2D eigenvalue weighted by molar-refractivity contribution is 5.41. The summed E-state index contributed by atoms with van der Waals surface area (Å²) in [7, 11) is 0. The second-order valence-corrected chi connectivity index (χ2v) is 10.5. The van der Waals surface area contributed by atoms with Crippen molar-refractivity contribution in [3.63, 3.8) is 0 Å². The molecule has 5 nitrogen and oxygen atoms in total. The lowest BCUT2D eigenvalue weighted by atomic mass is 9.80. The van der Waals surface area contributed by atoms with Crippen molar-refractivity contribution in [3.8, 4) is 5.75 Å². The molecule has 1 atom stereocenters. The van der Waals surface area contributed by atoms with Crippen molar-refractivity contribution >= 4 is 0 Å². The number of halogens is 1. The van der Waals surface area contributed by atoms with Gasteiger partial charge in [0.05, 0.1) is 19.3 Å². The first-order valence-corrected chi connectivity index (χ1v) is 13.1. The fourth-order valence-corrected chi connectivity index (χ4v) is 6.24. The third-order valence-electron chi connectivity index (χ3n) is 8.30. The van der Waals surface area contributed by atoms with Gasteiger partial charge in [0, 0.05) is 12.5 Å². The Balaban J connectivity index is 1.28. The minimum absolute atomic E-state index is 0.276. The molecule has 7 rings (SSSR count). The van der Waals surface area contributed by atoms with Gasteiger partial charge in [0.1, 0.15) is 30.8 Å². The molecule has 3 aliphatic heterocycles. The molecule has 1 aromatic heterocycles. The molecular formula is C31H32FN2O3+. The molecular weight excluding hydrogens is 467 g/mol. The molecule has 1 unspecified atom stereocenters. The molecule has 37 heavy (non-hydrogen) atoms. The number of aliphatic hydroxyl groups is 1. The Morgan fingerprint density at radius 3 is 2.27 bits per heavy atom. The summed E-state index contributed by atoms with van der Waals surface area (Å²) in [6.45, 7) is 3.34. The van der Waals surface area contributed by atoms with Crippen LogP contribution in [0.25, 0.3) is 0 Å². The number of piperidine rings is 3.